The SMILES string of the molecule is CCc1cc(S(=O)(=O)O)cc2c(CC)cccc12. The van der Waals surface area contributed by atoms with Crippen LogP contribution in [0.5, 0.6) is 0 Å². The van der Waals surface area contributed by atoms with Crippen molar-refractivity contribution in [3.05, 3.63) is 41.5 Å². The van der Waals surface area contributed by atoms with Gasteiger partial charge in [-0.3, -0.25) is 4.55 Å². The van der Waals surface area contributed by atoms with Crippen molar-refractivity contribution in [1.29, 1.82) is 0 Å². The molecule has 0 bridgehead atoms. The van der Waals surface area contributed by atoms with Crippen molar-refractivity contribution in [2.24, 2.45) is 0 Å². The van der Waals surface area contributed by atoms with Crippen molar-refractivity contribution in [1.82, 2.24) is 0 Å². The summed E-state index contributed by atoms with van der Waals surface area (Å²) in [6.07, 6.45) is 1.56. The van der Waals surface area contributed by atoms with Gasteiger partial charge in [-0.1, -0.05) is 32.0 Å². The molecule has 0 saturated carbocycles. The van der Waals surface area contributed by atoms with Crippen molar-refractivity contribution >= 4 is 20.9 Å². The third-order valence-corrected chi connectivity index (χ3v) is 4.04. The quantitative estimate of drug-likeness (QED) is 0.866. The Morgan fingerprint density at radius 1 is 1.00 bits per heavy atom. The fourth-order valence-electron chi connectivity index (χ4n) is 2.25. The minimum atomic E-state index is -4.15. The zero-order chi connectivity index (χ0) is 13.3. The summed E-state index contributed by atoms with van der Waals surface area (Å²) in [6.45, 7) is 4.00. The number of rotatable bonds is 3. The normalized spacial score (nSPS) is 11.9. The summed E-state index contributed by atoms with van der Waals surface area (Å²) in [7, 11) is -4.15. The van der Waals surface area contributed by atoms with Gasteiger partial charge in [0, 0.05) is 0 Å². The molecule has 3 nitrogen and oxygen atoms in total. The maximum Gasteiger partial charge on any atom is 0.294 e. The largest absolute Gasteiger partial charge is 0.294 e. The Morgan fingerprint density at radius 2 is 1.67 bits per heavy atom. The third kappa shape index (κ3) is 2.26. The average Bonchev–Trinajstić information content (AvgIpc) is 2.35. The Morgan fingerprint density at radius 3 is 2.22 bits per heavy atom. The molecule has 0 aliphatic rings. The molecule has 2 aromatic carbocycles. The molecule has 1 N–H and O–H groups in total. The van der Waals surface area contributed by atoms with E-state index in [0.717, 1.165) is 34.7 Å². The molecular weight excluding hydrogens is 248 g/mol. The van der Waals surface area contributed by atoms with Gasteiger partial charge in [0.05, 0.1) is 4.90 Å². The van der Waals surface area contributed by atoms with E-state index < -0.39 is 10.1 Å². The van der Waals surface area contributed by atoms with E-state index in [1.165, 1.54) is 0 Å². The Bertz CT molecular complexity index is 687. The van der Waals surface area contributed by atoms with Gasteiger partial charge in [-0.15, -0.1) is 0 Å². The molecule has 0 amide bonds. The van der Waals surface area contributed by atoms with Crippen molar-refractivity contribution < 1.29 is 13.0 Å². The molecule has 4 heteroatoms. The molecule has 96 valence electrons. The highest BCUT2D eigenvalue weighted by Crippen LogP contribution is 2.27. The lowest BCUT2D eigenvalue weighted by Crippen LogP contribution is -2.00. The highest BCUT2D eigenvalue weighted by molar-refractivity contribution is 7.85. The van der Waals surface area contributed by atoms with Gasteiger partial charge in [0.15, 0.2) is 0 Å². The molecule has 0 saturated heterocycles. The Balaban J connectivity index is 2.89. The van der Waals surface area contributed by atoms with Gasteiger partial charge in [-0.25, -0.2) is 0 Å². The predicted molar refractivity (Wildman–Crippen MR) is 72.5 cm³/mol. The fourth-order valence-corrected chi connectivity index (χ4v) is 2.80. The van der Waals surface area contributed by atoms with E-state index in [2.05, 4.69) is 0 Å². The zero-order valence-electron chi connectivity index (χ0n) is 10.5. The number of fused-ring (bicyclic) bond motifs is 1. The van der Waals surface area contributed by atoms with E-state index in [0.29, 0.717) is 0 Å². The predicted octanol–water partition coefficient (Wildman–Crippen LogP) is 3.21. The van der Waals surface area contributed by atoms with Crippen LogP contribution in [-0.2, 0) is 23.0 Å². The van der Waals surface area contributed by atoms with E-state index >= 15 is 0 Å². The van der Waals surface area contributed by atoms with Gasteiger partial charge in [0.2, 0.25) is 0 Å². The van der Waals surface area contributed by atoms with Gasteiger partial charge in [-0.2, -0.15) is 8.42 Å². The first-order chi connectivity index (χ1) is 8.47. The number of hydrogen-bond acceptors (Lipinski definition) is 2. The first-order valence-corrected chi connectivity index (χ1v) is 7.43. The number of hydrogen-bond donors (Lipinski definition) is 1. The van der Waals surface area contributed by atoms with Crippen LogP contribution < -0.4 is 0 Å². The van der Waals surface area contributed by atoms with Crippen LogP contribution >= 0.6 is 0 Å². The van der Waals surface area contributed by atoms with E-state index in [1.807, 2.05) is 32.0 Å². The second-order valence-electron chi connectivity index (χ2n) is 4.28. The summed E-state index contributed by atoms with van der Waals surface area (Å²) < 4.78 is 31.8. The van der Waals surface area contributed by atoms with Crippen LogP contribution in [0.2, 0.25) is 0 Å². The van der Waals surface area contributed by atoms with Crippen LogP contribution in [0.3, 0.4) is 0 Å². The maximum absolute atomic E-state index is 11.3. The van der Waals surface area contributed by atoms with Gasteiger partial charge >= 0.3 is 0 Å². The summed E-state index contributed by atoms with van der Waals surface area (Å²) in [6, 6.07) is 9.06. The monoisotopic (exact) mass is 264 g/mol. The standard InChI is InChI=1S/C14H16O3S/c1-3-10-6-5-7-13-11(4-2)8-12(9-14(10)13)18(15,16)17/h5-9H,3-4H2,1-2H3,(H,15,16,17). The second-order valence-corrected chi connectivity index (χ2v) is 5.70. The molecule has 18 heavy (non-hydrogen) atoms. The summed E-state index contributed by atoms with van der Waals surface area (Å²) in [4.78, 5) is -0.0206. The maximum atomic E-state index is 11.3. The van der Waals surface area contributed by atoms with E-state index in [9.17, 15) is 13.0 Å². The highest BCUT2D eigenvalue weighted by Gasteiger charge is 2.14. The Kier molecular flexibility index (Phi) is 3.41. The third-order valence-electron chi connectivity index (χ3n) is 3.21. The number of benzene rings is 2. The Hall–Kier alpha value is -1.39. The fraction of sp³-hybridized carbons (Fsp3) is 0.286. The van der Waals surface area contributed by atoms with Crippen molar-refractivity contribution in [3.63, 3.8) is 0 Å². The molecule has 0 fully saturated rings. The van der Waals surface area contributed by atoms with Crippen LogP contribution in [0.15, 0.2) is 35.2 Å². The van der Waals surface area contributed by atoms with E-state index in [4.69, 9.17) is 0 Å². The minimum Gasteiger partial charge on any atom is -0.282 e. The van der Waals surface area contributed by atoms with Gasteiger partial charge in [0.25, 0.3) is 10.1 Å². The minimum absolute atomic E-state index is 0.0206. The van der Waals surface area contributed by atoms with Crippen LogP contribution in [0, 0.1) is 0 Å². The van der Waals surface area contributed by atoms with Gasteiger partial charge < -0.3 is 0 Å². The number of aryl methyl sites for hydroxylation is 2. The molecule has 0 spiro atoms. The van der Waals surface area contributed by atoms with Crippen molar-refractivity contribution in [2.75, 3.05) is 0 Å². The van der Waals surface area contributed by atoms with E-state index in [1.54, 1.807) is 12.1 Å². The molecule has 0 aromatic heterocycles. The average molecular weight is 264 g/mol. The van der Waals surface area contributed by atoms with Gasteiger partial charge in [0.1, 0.15) is 0 Å². The van der Waals surface area contributed by atoms with E-state index in [-0.39, 0.29) is 4.90 Å². The lowest BCUT2D eigenvalue weighted by Gasteiger charge is -2.10. The molecule has 2 rings (SSSR count). The van der Waals surface area contributed by atoms with Crippen LogP contribution in [-0.4, -0.2) is 13.0 Å². The van der Waals surface area contributed by atoms with Crippen LogP contribution in [0.25, 0.3) is 10.8 Å². The summed E-state index contributed by atoms with van der Waals surface area (Å²) in [5.41, 5.74) is 2.03. The van der Waals surface area contributed by atoms with Crippen LogP contribution in [0.1, 0.15) is 25.0 Å². The molecule has 0 aliphatic heterocycles. The molecule has 0 heterocycles. The molecule has 0 atom stereocenters. The lowest BCUT2D eigenvalue weighted by molar-refractivity contribution is 0.483. The smallest absolute Gasteiger partial charge is 0.282 e. The second kappa shape index (κ2) is 4.71. The van der Waals surface area contributed by atoms with Crippen molar-refractivity contribution in [2.45, 2.75) is 31.6 Å². The van der Waals surface area contributed by atoms with Crippen molar-refractivity contribution in [3.8, 4) is 0 Å². The molecule has 0 aliphatic carbocycles. The zero-order valence-corrected chi connectivity index (χ0v) is 11.3. The highest BCUT2D eigenvalue weighted by atomic mass is 32.2. The summed E-state index contributed by atoms with van der Waals surface area (Å²) in [5, 5.41) is 1.97. The molecule has 0 radical (unpaired) electrons. The van der Waals surface area contributed by atoms with Crippen LogP contribution in [0.4, 0.5) is 0 Å². The first kappa shape index (κ1) is 13.1. The molecule has 0 unspecified atom stereocenters. The lowest BCUT2D eigenvalue weighted by atomic mass is 9.98. The first-order valence-electron chi connectivity index (χ1n) is 5.99. The topological polar surface area (TPSA) is 54.4 Å². The summed E-state index contributed by atoms with van der Waals surface area (Å²) >= 11 is 0. The van der Waals surface area contributed by atoms with Gasteiger partial charge in [-0.05, 0) is 46.9 Å². The Labute approximate surface area is 107 Å². The molecular formula is C14H16O3S. The molecule has 2 aromatic rings. The summed E-state index contributed by atoms with van der Waals surface area (Å²) in [5.74, 6) is 0.